The summed E-state index contributed by atoms with van der Waals surface area (Å²) < 4.78 is 28.7. The third kappa shape index (κ3) is 7.93. The summed E-state index contributed by atoms with van der Waals surface area (Å²) in [7, 11) is 4.65. The molecule has 1 amide bonds. The smallest absolute Gasteiger partial charge is 0.415 e. The second kappa shape index (κ2) is 16.0. The highest BCUT2D eigenvalue weighted by molar-refractivity contribution is 6.35. The molecule has 10 nitrogen and oxygen atoms in total. The van der Waals surface area contributed by atoms with E-state index in [9.17, 15) is 9.59 Å². The molecule has 0 N–H and O–H groups in total. The first-order valence-electron chi connectivity index (χ1n) is 16.4. The minimum atomic E-state index is -0.776. The average Bonchev–Trinajstić information content (AvgIpc) is 3.15. The Bertz CT molecular complexity index is 1790. The predicted molar refractivity (Wildman–Crippen MR) is 191 cm³/mol. The number of ether oxygens (including phenoxy) is 5. The molecule has 50 heavy (non-hydrogen) atoms. The molecule has 2 atom stereocenters. The van der Waals surface area contributed by atoms with Crippen molar-refractivity contribution in [2.45, 2.75) is 38.0 Å². The number of pyridine rings is 1. The molecule has 2 bridgehead atoms. The number of hydrogen-bond acceptors (Lipinski definition) is 9. The highest BCUT2D eigenvalue weighted by Crippen LogP contribution is 2.36. The van der Waals surface area contributed by atoms with Crippen LogP contribution in [0, 0.1) is 5.92 Å². The van der Waals surface area contributed by atoms with Crippen LogP contribution in [0.5, 0.6) is 17.2 Å². The first kappa shape index (κ1) is 35.3. The topological polar surface area (TPSA) is 99.7 Å². The Labute approximate surface area is 301 Å². The molecule has 3 aromatic carbocycles. The van der Waals surface area contributed by atoms with E-state index in [2.05, 4.69) is 9.88 Å². The van der Waals surface area contributed by atoms with Crippen molar-refractivity contribution in [1.29, 1.82) is 0 Å². The molecular formula is C38H39Cl2N3O7. The van der Waals surface area contributed by atoms with Crippen LogP contribution in [-0.2, 0) is 22.4 Å². The monoisotopic (exact) mass is 719 g/mol. The predicted octanol–water partition coefficient (Wildman–Crippen LogP) is 7.79. The molecule has 0 radical (unpaired) electrons. The van der Waals surface area contributed by atoms with E-state index in [4.69, 9.17) is 46.9 Å². The van der Waals surface area contributed by atoms with Crippen LogP contribution < -0.4 is 19.1 Å². The van der Waals surface area contributed by atoms with E-state index in [0.717, 1.165) is 38.0 Å². The summed E-state index contributed by atoms with van der Waals surface area (Å²) in [6, 6.07) is 19.6. The van der Waals surface area contributed by atoms with Gasteiger partial charge in [0.1, 0.15) is 18.0 Å². The van der Waals surface area contributed by atoms with Crippen molar-refractivity contribution in [2.24, 2.45) is 5.92 Å². The molecule has 1 aromatic heterocycles. The number of methoxy groups -OCH3 is 3. The molecule has 12 heteroatoms. The van der Waals surface area contributed by atoms with Crippen LogP contribution in [0.4, 0.5) is 10.5 Å². The summed E-state index contributed by atoms with van der Waals surface area (Å²) in [4.78, 5) is 35.4. The average molecular weight is 721 g/mol. The number of benzene rings is 3. The molecule has 0 aliphatic carbocycles. The molecule has 4 heterocycles. The zero-order valence-corrected chi connectivity index (χ0v) is 29.7. The van der Waals surface area contributed by atoms with Gasteiger partial charge in [0.15, 0.2) is 11.5 Å². The molecule has 3 fully saturated rings. The van der Waals surface area contributed by atoms with E-state index in [1.165, 1.54) is 19.5 Å². The fourth-order valence-corrected chi connectivity index (χ4v) is 7.08. The number of piperidine rings is 3. The van der Waals surface area contributed by atoms with Crippen molar-refractivity contribution < 1.29 is 33.3 Å². The van der Waals surface area contributed by atoms with E-state index in [1.807, 2.05) is 24.3 Å². The fraction of sp³-hybridized carbons (Fsp3) is 0.342. The molecule has 0 spiro atoms. The lowest BCUT2D eigenvalue weighted by atomic mass is 9.86. The summed E-state index contributed by atoms with van der Waals surface area (Å²) >= 11 is 12.9. The second-order valence-corrected chi connectivity index (χ2v) is 13.1. The number of para-hydroxylation sites is 2. The molecule has 4 aromatic rings. The maximum Gasteiger partial charge on any atom is 0.415 e. The number of hydrogen-bond donors (Lipinski definition) is 0. The van der Waals surface area contributed by atoms with Gasteiger partial charge in [0.2, 0.25) is 0 Å². The summed E-state index contributed by atoms with van der Waals surface area (Å²) in [5, 5.41) is 0.713. The van der Waals surface area contributed by atoms with E-state index in [1.54, 1.807) is 61.6 Å². The number of fused-ring (bicyclic) bond motifs is 3. The molecule has 0 saturated carbocycles. The van der Waals surface area contributed by atoms with Gasteiger partial charge in [0.05, 0.1) is 49.2 Å². The third-order valence-corrected chi connectivity index (χ3v) is 10.00. The molecule has 262 valence electrons. The summed E-state index contributed by atoms with van der Waals surface area (Å²) in [6.07, 6.45) is 3.86. The van der Waals surface area contributed by atoms with E-state index < -0.39 is 18.2 Å². The molecule has 3 aliphatic heterocycles. The van der Waals surface area contributed by atoms with Gasteiger partial charge in [-0.1, -0.05) is 53.5 Å². The summed E-state index contributed by atoms with van der Waals surface area (Å²) in [5.74, 6) is 1.37. The number of esters is 1. The first-order chi connectivity index (χ1) is 24.3. The summed E-state index contributed by atoms with van der Waals surface area (Å²) in [6.45, 7) is 3.04. The van der Waals surface area contributed by atoms with Crippen LogP contribution >= 0.6 is 23.2 Å². The lowest BCUT2D eigenvalue weighted by molar-refractivity contribution is -0.0311. The number of aromatic nitrogens is 1. The maximum absolute atomic E-state index is 13.8. The van der Waals surface area contributed by atoms with Crippen molar-refractivity contribution in [3.05, 3.63) is 111 Å². The number of amides is 1. The summed E-state index contributed by atoms with van der Waals surface area (Å²) in [5.41, 5.74) is 2.95. The third-order valence-electron chi connectivity index (χ3n) is 9.35. The minimum Gasteiger partial charge on any atom is -0.495 e. The van der Waals surface area contributed by atoms with Gasteiger partial charge in [-0.25, -0.2) is 9.59 Å². The number of nitrogens with zero attached hydrogens (tertiary/aromatic N) is 3. The molecule has 3 aliphatic rings. The zero-order valence-electron chi connectivity index (χ0n) is 28.1. The largest absolute Gasteiger partial charge is 0.495 e. The lowest BCUT2D eigenvalue weighted by Gasteiger charge is -2.44. The highest BCUT2D eigenvalue weighted by atomic mass is 35.5. The Balaban J connectivity index is 1.22. The van der Waals surface area contributed by atoms with Crippen LogP contribution in [0.1, 0.15) is 46.0 Å². The Hall–Kier alpha value is -4.51. The molecule has 0 unspecified atom stereocenters. The number of rotatable bonds is 12. The van der Waals surface area contributed by atoms with Gasteiger partial charge in [-0.05, 0) is 84.9 Å². The van der Waals surface area contributed by atoms with Crippen molar-refractivity contribution >= 4 is 41.0 Å². The maximum atomic E-state index is 13.8. The van der Waals surface area contributed by atoms with Gasteiger partial charge in [0, 0.05) is 25.4 Å². The Morgan fingerprint density at radius 3 is 2.20 bits per heavy atom. The Morgan fingerprint density at radius 1 is 0.880 bits per heavy atom. The fourth-order valence-electron chi connectivity index (χ4n) is 6.56. The van der Waals surface area contributed by atoms with Crippen molar-refractivity contribution in [3.8, 4) is 17.2 Å². The quantitative estimate of drug-likeness (QED) is 0.136. The molecule has 7 rings (SSSR count). The lowest BCUT2D eigenvalue weighted by Crippen LogP contribution is -2.53. The second-order valence-electron chi connectivity index (χ2n) is 12.3. The number of carbonyl (C=O) groups is 2. The normalized spacial score (nSPS) is 18.5. The van der Waals surface area contributed by atoms with Crippen molar-refractivity contribution in [1.82, 2.24) is 9.88 Å². The SMILES string of the molecule is COc1ccc([C@H](Cc2c(Cl)cncc2Cl)OC(=O)c2ccc(CN(C(=O)O[C@H]3CN4CCC3CC4)c3ccccc3OC)cc2)cc1OC. The van der Waals surface area contributed by atoms with Crippen LogP contribution in [0.2, 0.25) is 10.0 Å². The van der Waals surface area contributed by atoms with Gasteiger partial charge in [-0.2, -0.15) is 0 Å². The highest BCUT2D eigenvalue weighted by Gasteiger charge is 2.38. The van der Waals surface area contributed by atoms with Gasteiger partial charge >= 0.3 is 12.1 Å². The number of anilines is 1. The Kier molecular flexibility index (Phi) is 11.3. The Morgan fingerprint density at radius 2 is 1.56 bits per heavy atom. The molecular weight excluding hydrogens is 681 g/mol. The van der Waals surface area contributed by atoms with Gasteiger partial charge in [0.25, 0.3) is 0 Å². The van der Waals surface area contributed by atoms with Gasteiger partial charge in [-0.15, -0.1) is 0 Å². The van der Waals surface area contributed by atoms with E-state index >= 15 is 0 Å². The number of halogens is 2. The first-order valence-corrected chi connectivity index (χ1v) is 17.2. The van der Waals surface area contributed by atoms with E-state index in [-0.39, 0.29) is 19.1 Å². The van der Waals surface area contributed by atoms with Crippen molar-refractivity contribution in [2.75, 3.05) is 45.9 Å². The van der Waals surface area contributed by atoms with Crippen LogP contribution in [0.25, 0.3) is 0 Å². The van der Waals surface area contributed by atoms with Crippen LogP contribution in [-0.4, -0.2) is 69.0 Å². The standard InChI is InChI=1S/C38H39Cl2N3O7/c1-46-32-7-5-4-6-31(32)43(38(45)50-36-23-42-16-14-25(36)15-17-42)22-24-8-10-26(11-9-24)37(44)49-34(19-28-29(39)20-41-21-30(28)40)27-12-13-33(47-2)35(18-27)48-3/h4-13,18,20-21,25,34,36H,14-17,19,22-23H2,1-3H3/t34-,36-/m0/s1. The van der Waals surface area contributed by atoms with E-state index in [0.29, 0.717) is 55.6 Å². The van der Waals surface area contributed by atoms with Gasteiger partial charge < -0.3 is 23.7 Å². The minimum absolute atomic E-state index is 0.158. The van der Waals surface area contributed by atoms with Crippen LogP contribution in [0.3, 0.4) is 0 Å². The van der Waals surface area contributed by atoms with Crippen LogP contribution in [0.15, 0.2) is 79.1 Å². The number of carbonyl (C=O) groups excluding carboxylic acids is 2. The van der Waals surface area contributed by atoms with Crippen molar-refractivity contribution in [3.63, 3.8) is 0 Å². The zero-order chi connectivity index (χ0) is 35.2. The van der Waals surface area contributed by atoms with Gasteiger partial charge in [-0.3, -0.25) is 14.8 Å². The molecule has 3 saturated heterocycles.